The maximum atomic E-state index is 12.4. The number of primary amides is 2. The zero-order chi connectivity index (χ0) is 22.5. The van der Waals surface area contributed by atoms with Gasteiger partial charge in [0, 0.05) is 29.4 Å². The Morgan fingerprint density at radius 3 is 2.19 bits per heavy atom. The molecular formula is C20H20N6O4S. The number of hydrogen-bond acceptors (Lipinski definition) is 7. The number of hydrogen-bond donors (Lipinski definition) is 3. The van der Waals surface area contributed by atoms with Gasteiger partial charge in [0.15, 0.2) is 11.0 Å². The van der Waals surface area contributed by atoms with E-state index in [4.69, 9.17) is 16.2 Å². The lowest BCUT2D eigenvalue weighted by atomic mass is 10.1. The maximum absolute atomic E-state index is 12.4. The van der Waals surface area contributed by atoms with Gasteiger partial charge in [-0.2, -0.15) is 0 Å². The second-order valence-corrected chi connectivity index (χ2v) is 7.40. The fraction of sp³-hybridized carbons (Fsp3) is 0.150. The molecule has 3 amide bonds. The van der Waals surface area contributed by atoms with Crippen LogP contribution in [0.1, 0.15) is 20.7 Å². The second-order valence-electron chi connectivity index (χ2n) is 6.46. The van der Waals surface area contributed by atoms with Crippen LogP contribution in [0.3, 0.4) is 0 Å². The number of nitrogens with two attached hydrogens (primary N) is 2. The van der Waals surface area contributed by atoms with Gasteiger partial charge >= 0.3 is 0 Å². The predicted octanol–water partition coefficient (Wildman–Crippen LogP) is 1.42. The average Bonchev–Trinajstić information content (AvgIpc) is 3.12. The fourth-order valence-corrected chi connectivity index (χ4v) is 3.45. The maximum Gasteiger partial charge on any atom is 0.248 e. The van der Waals surface area contributed by atoms with E-state index in [0.29, 0.717) is 11.0 Å². The van der Waals surface area contributed by atoms with Crippen LogP contribution in [0.4, 0.5) is 5.69 Å². The molecule has 3 rings (SSSR count). The molecule has 2 aromatic carbocycles. The van der Waals surface area contributed by atoms with Crippen molar-refractivity contribution < 1.29 is 19.1 Å². The molecular weight excluding hydrogens is 420 g/mol. The van der Waals surface area contributed by atoms with Gasteiger partial charge in [-0.15, -0.1) is 10.2 Å². The topological polar surface area (TPSA) is 155 Å². The van der Waals surface area contributed by atoms with E-state index in [9.17, 15) is 14.4 Å². The Bertz CT molecular complexity index is 1110. The van der Waals surface area contributed by atoms with Gasteiger partial charge < -0.3 is 26.1 Å². The number of thioether (sulfide) groups is 1. The van der Waals surface area contributed by atoms with Gasteiger partial charge in [-0.25, -0.2) is 0 Å². The number of anilines is 1. The van der Waals surface area contributed by atoms with Crippen molar-refractivity contribution in [3.63, 3.8) is 0 Å². The summed E-state index contributed by atoms with van der Waals surface area (Å²) in [7, 11) is 3.39. The Balaban J connectivity index is 1.68. The lowest BCUT2D eigenvalue weighted by Crippen LogP contribution is -2.19. The Hall–Kier alpha value is -3.86. The first-order valence-electron chi connectivity index (χ1n) is 8.99. The number of nitrogens with zero attached hydrogens (tertiary/aromatic N) is 3. The van der Waals surface area contributed by atoms with E-state index in [1.54, 1.807) is 18.7 Å². The van der Waals surface area contributed by atoms with Gasteiger partial charge in [0.05, 0.1) is 12.9 Å². The Morgan fingerprint density at radius 2 is 1.65 bits per heavy atom. The molecule has 0 bridgehead atoms. The molecule has 0 atom stereocenters. The highest BCUT2D eigenvalue weighted by Crippen LogP contribution is 2.24. The van der Waals surface area contributed by atoms with Crippen LogP contribution in [0.5, 0.6) is 5.75 Å². The van der Waals surface area contributed by atoms with Crippen molar-refractivity contribution >= 4 is 35.2 Å². The Kier molecular flexibility index (Phi) is 6.55. The lowest BCUT2D eigenvalue weighted by molar-refractivity contribution is -0.113. The minimum atomic E-state index is -0.738. The first-order valence-corrected chi connectivity index (χ1v) is 9.98. The normalized spacial score (nSPS) is 10.5. The lowest BCUT2D eigenvalue weighted by Gasteiger charge is -2.08. The van der Waals surface area contributed by atoms with E-state index < -0.39 is 11.8 Å². The SMILES string of the molecule is COc1ccc(-c2nnc(SCC(=O)Nc3cc(C(N)=O)cc(C(N)=O)c3)n2C)cc1. The van der Waals surface area contributed by atoms with Crippen LogP contribution >= 0.6 is 11.8 Å². The fourth-order valence-electron chi connectivity index (χ4n) is 2.74. The molecule has 0 aliphatic heterocycles. The predicted molar refractivity (Wildman–Crippen MR) is 116 cm³/mol. The first kappa shape index (κ1) is 21.8. The smallest absolute Gasteiger partial charge is 0.248 e. The van der Waals surface area contributed by atoms with E-state index in [2.05, 4.69) is 15.5 Å². The third kappa shape index (κ3) is 5.20. The molecule has 3 aromatic rings. The summed E-state index contributed by atoms with van der Waals surface area (Å²) in [5, 5.41) is 11.5. The summed E-state index contributed by atoms with van der Waals surface area (Å²) < 4.78 is 6.93. The van der Waals surface area contributed by atoms with Crippen molar-refractivity contribution in [1.82, 2.24) is 14.8 Å². The molecule has 0 radical (unpaired) electrons. The molecule has 31 heavy (non-hydrogen) atoms. The summed E-state index contributed by atoms with van der Waals surface area (Å²) >= 11 is 1.19. The second kappa shape index (κ2) is 9.30. The Labute approximate surface area is 182 Å². The summed E-state index contributed by atoms with van der Waals surface area (Å²) in [5.74, 6) is -0.434. The van der Waals surface area contributed by atoms with Crippen molar-refractivity contribution in [1.29, 1.82) is 0 Å². The van der Waals surface area contributed by atoms with Gasteiger partial charge in [0.25, 0.3) is 0 Å². The van der Waals surface area contributed by atoms with Gasteiger partial charge in [0.2, 0.25) is 17.7 Å². The highest BCUT2D eigenvalue weighted by Gasteiger charge is 2.15. The average molecular weight is 440 g/mol. The summed E-state index contributed by atoms with van der Waals surface area (Å²) in [6.07, 6.45) is 0. The van der Waals surface area contributed by atoms with Crippen molar-refractivity contribution in [3.8, 4) is 17.1 Å². The molecule has 1 aromatic heterocycles. The number of methoxy groups -OCH3 is 1. The van der Waals surface area contributed by atoms with E-state index in [0.717, 1.165) is 11.3 Å². The number of carbonyl (C=O) groups is 3. The van der Waals surface area contributed by atoms with Crippen molar-refractivity contribution in [2.45, 2.75) is 5.16 Å². The minimum Gasteiger partial charge on any atom is -0.497 e. The quantitative estimate of drug-likeness (QED) is 0.447. The number of carbonyl (C=O) groups excluding carboxylic acids is 3. The van der Waals surface area contributed by atoms with Crippen LogP contribution in [0.25, 0.3) is 11.4 Å². The van der Waals surface area contributed by atoms with Crippen LogP contribution in [0.15, 0.2) is 47.6 Å². The van der Waals surface area contributed by atoms with Gasteiger partial charge in [0.1, 0.15) is 5.75 Å². The molecule has 0 aliphatic rings. The molecule has 0 spiro atoms. The van der Waals surface area contributed by atoms with Crippen molar-refractivity contribution in [2.75, 3.05) is 18.2 Å². The molecule has 1 heterocycles. The number of ether oxygens (including phenoxy) is 1. The molecule has 0 unspecified atom stereocenters. The molecule has 0 saturated carbocycles. The van der Waals surface area contributed by atoms with E-state index in [-0.39, 0.29) is 28.5 Å². The van der Waals surface area contributed by atoms with Crippen molar-refractivity contribution in [3.05, 3.63) is 53.6 Å². The monoisotopic (exact) mass is 440 g/mol. The van der Waals surface area contributed by atoms with E-state index in [1.807, 2.05) is 24.3 Å². The van der Waals surface area contributed by atoms with Gasteiger partial charge in [-0.1, -0.05) is 11.8 Å². The van der Waals surface area contributed by atoms with Crippen LogP contribution in [0, 0.1) is 0 Å². The van der Waals surface area contributed by atoms with Gasteiger partial charge in [-0.05, 0) is 42.5 Å². The van der Waals surface area contributed by atoms with Crippen molar-refractivity contribution in [2.24, 2.45) is 18.5 Å². The zero-order valence-corrected chi connectivity index (χ0v) is 17.6. The highest BCUT2D eigenvalue weighted by molar-refractivity contribution is 7.99. The molecule has 0 aliphatic carbocycles. The summed E-state index contributed by atoms with van der Waals surface area (Å²) in [4.78, 5) is 35.3. The molecule has 160 valence electrons. The summed E-state index contributed by atoms with van der Waals surface area (Å²) in [6.45, 7) is 0. The highest BCUT2D eigenvalue weighted by atomic mass is 32.2. The number of amides is 3. The third-order valence-corrected chi connectivity index (χ3v) is 5.32. The number of benzene rings is 2. The molecule has 11 heteroatoms. The summed E-state index contributed by atoms with van der Waals surface area (Å²) in [6, 6.07) is 11.4. The first-order chi connectivity index (χ1) is 14.8. The molecule has 5 N–H and O–H groups in total. The van der Waals surface area contributed by atoms with Gasteiger partial charge in [-0.3, -0.25) is 14.4 Å². The largest absolute Gasteiger partial charge is 0.497 e. The Morgan fingerprint density at radius 1 is 1.03 bits per heavy atom. The molecule has 0 fully saturated rings. The van der Waals surface area contributed by atoms with Crippen LogP contribution in [-0.2, 0) is 11.8 Å². The van der Waals surface area contributed by atoms with Crippen LogP contribution < -0.4 is 21.5 Å². The number of nitrogens with one attached hydrogen (secondary N) is 1. The zero-order valence-electron chi connectivity index (χ0n) is 16.8. The summed E-state index contributed by atoms with van der Waals surface area (Å²) in [5.41, 5.74) is 11.8. The molecule has 0 saturated heterocycles. The van der Waals surface area contributed by atoms with E-state index >= 15 is 0 Å². The number of rotatable bonds is 8. The van der Waals surface area contributed by atoms with E-state index in [1.165, 1.54) is 30.0 Å². The third-order valence-electron chi connectivity index (χ3n) is 4.30. The number of aromatic nitrogens is 3. The molecule has 10 nitrogen and oxygen atoms in total. The minimum absolute atomic E-state index is 0.0291. The standard InChI is InChI=1S/C20H20N6O4S/c1-26-19(11-3-5-15(30-2)6-4-11)24-25-20(26)31-10-16(27)23-14-8-12(17(21)28)7-13(9-14)18(22)29/h3-9H,10H2,1-2H3,(H2,21,28)(H2,22,29)(H,23,27). The van der Waals surface area contributed by atoms with Crippen LogP contribution in [0.2, 0.25) is 0 Å². The van der Waals surface area contributed by atoms with Crippen LogP contribution in [-0.4, -0.2) is 45.3 Å².